The summed E-state index contributed by atoms with van der Waals surface area (Å²) in [5.41, 5.74) is 0.994. The second-order valence-corrected chi connectivity index (χ2v) is 6.25. The zero-order valence-corrected chi connectivity index (χ0v) is 15.2. The highest BCUT2D eigenvalue weighted by Crippen LogP contribution is 2.28. The van der Waals surface area contributed by atoms with E-state index in [1.165, 1.54) is 17.9 Å². The van der Waals surface area contributed by atoms with Gasteiger partial charge in [-0.1, -0.05) is 12.1 Å². The second-order valence-electron chi connectivity index (χ2n) is 6.25. The Morgan fingerprint density at radius 1 is 1.15 bits per heavy atom. The third-order valence-corrected chi connectivity index (χ3v) is 4.38. The molecule has 1 amide bonds. The van der Waals surface area contributed by atoms with Crippen LogP contribution in [0.2, 0.25) is 0 Å². The number of alkyl halides is 3. The summed E-state index contributed by atoms with van der Waals surface area (Å²) in [4.78, 5) is 22.3. The minimum Gasteiger partial charge on any atom is -0.334 e. The molecule has 5 nitrogen and oxygen atoms in total. The van der Waals surface area contributed by atoms with Gasteiger partial charge in [-0.2, -0.15) is 13.2 Å². The molecule has 0 saturated heterocycles. The van der Waals surface area contributed by atoms with Gasteiger partial charge in [0.25, 0.3) is 5.91 Å². The predicted octanol–water partition coefficient (Wildman–Crippen LogP) is 4.05. The molecule has 0 saturated carbocycles. The van der Waals surface area contributed by atoms with Crippen molar-refractivity contribution >= 4 is 16.9 Å². The molecule has 0 atom stereocenters. The number of imidazole rings is 1. The van der Waals surface area contributed by atoms with Gasteiger partial charge in [0, 0.05) is 13.6 Å². The largest absolute Gasteiger partial charge is 0.433 e. The average molecular weight is 376 g/mol. The number of rotatable bonds is 4. The summed E-state index contributed by atoms with van der Waals surface area (Å²) < 4.78 is 40.3. The first-order valence-electron chi connectivity index (χ1n) is 8.46. The van der Waals surface area contributed by atoms with Gasteiger partial charge in [0.05, 0.1) is 28.8 Å². The van der Waals surface area contributed by atoms with Gasteiger partial charge in [-0.05, 0) is 38.1 Å². The Balaban J connectivity index is 1.87. The molecule has 0 bridgehead atoms. The van der Waals surface area contributed by atoms with Gasteiger partial charge >= 0.3 is 6.18 Å². The fourth-order valence-corrected chi connectivity index (χ4v) is 3.03. The molecule has 27 heavy (non-hydrogen) atoms. The number of nitrogens with zero attached hydrogens (tertiary/aromatic N) is 4. The summed E-state index contributed by atoms with van der Waals surface area (Å²) in [6.07, 6.45) is -4.54. The zero-order valence-electron chi connectivity index (χ0n) is 15.2. The van der Waals surface area contributed by atoms with E-state index in [2.05, 4.69) is 9.97 Å². The number of pyridine rings is 1. The number of carbonyl (C=O) groups excluding carboxylic acids is 1. The first kappa shape index (κ1) is 18.9. The number of aromatic nitrogens is 3. The van der Waals surface area contributed by atoms with Crippen molar-refractivity contribution in [2.45, 2.75) is 33.1 Å². The van der Waals surface area contributed by atoms with E-state index in [0.29, 0.717) is 12.4 Å². The maximum atomic E-state index is 12.8. The van der Waals surface area contributed by atoms with E-state index in [1.54, 1.807) is 7.05 Å². The van der Waals surface area contributed by atoms with Crippen LogP contribution in [-0.2, 0) is 19.3 Å². The van der Waals surface area contributed by atoms with Gasteiger partial charge in [0.2, 0.25) is 0 Å². The Kier molecular flexibility index (Phi) is 4.91. The number of para-hydroxylation sites is 2. The molecular formula is C19H19F3N4O. The van der Waals surface area contributed by atoms with Crippen LogP contribution in [0.5, 0.6) is 0 Å². The van der Waals surface area contributed by atoms with E-state index >= 15 is 0 Å². The third-order valence-electron chi connectivity index (χ3n) is 4.38. The highest BCUT2D eigenvalue weighted by molar-refractivity contribution is 5.95. The molecule has 0 aliphatic heterocycles. The Hall–Kier alpha value is -2.90. The van der Waals surface area contributed by atoms with E-state index in [9.17, 15) is 18.0 Å². The van der Waals surface area contributed by atoms with Crippen LogP contribution in [0.4, 0.5) is 13.2 Å². The fourth-order valence-electron chi connectivity index (χ4n) is 3.03. The van der Waals surface area contributed by atoms with Gasteiger partial charge in [-0.25, -0.2) is 9.97 Å². The van der Waals surface area contributed by atoms with Crippen LogP contribution in [0.3, 0.4) is 0 Å². The van der Waals surface area contributed by atoms with Crippen molar-refractivity contribution in [3.05, 3.63) is 59.2 Å². The van der Waals surface area contributed by atoms with Gasteiger partial charge in [-0.3, -0.25) is 4.79 Å². The molecule has 0 N–H and O–H groups in total. The molecule has 142 valence electrons. The number of hydrogen-bond donors (Lipinski definition) is 0. The summed E-state index contributed by atoms with van der Waals surface area (Å²) in [6, 6.07) is 9.68. The van der Waals surface area contributed by atoms with Crippen molar-refractivity contribution in [3.63, 3.8) is 0 Å². The maximum Gasteiger partial charge on any atom is 0.433 e. The lowest BCUT2D eigenvalue weighted by Gasteiger charge is -2.19. The van der Waals surface area contributed by atoms with Crippen LogP contribution in [-0.4, -0.2) is 32.4 Å². The molecule has 3 aromatic rings. The lowest BCUT2D eigenvalue weighted by Crippen LogP contribution is -2.29. The number of carbonyl (C=O) groups is 1. The van der Waals surface area contributed by atoms with Crippen LogP contribution in [0.25, 0.3) is 11.0 Å². The van der Waals surface area contributed by atoms with Gasteiger partial charge in [0.1, 0.15) is 11.5 Å². The van der Waals surface area contributed by atoms with Crippen LogP contribution in [0, 0.1) is 6.92 Å². The Morgan fingerprint density at radius 2 is 1.85 bits per heavy atom. The molecule has 0 spiro atoms. The standard InChI is InChI=1S/C19H19F3N4O/c1-4-26-15-8-6-5-7-14(15)24-17(26)11-25(3)18(27)13-9-10-16(19(20,21)22)23-12(13)2/h5-10H,4,11H2,1-3H3. The van der Waals surface area contributed by atoms with E-state index in [4.69, 9.17) is 0 Å². The number of benzene rings is 1. The number of hydrogen-bond acceptors (Lipinski definition) is 3. The second kappa shape index (κ2) is 7.02. The number of aryl methyl sites for hydroxylation is 2. The molecule has 3 rings (SSSR count). The van der Waals surface area contributed by atoms with Crippen LogP contribution in [0.15, 0.2) is 36.4 Å². The Bertz CT molecular complexity index is 994. The molecule has 2 heterocycles. The number of amides is 1. The topological polar surface area (TPSA) is 51.0 Å². The van der Waals surface area contributed by atoms with Crippen LogP contribution < -0.4 is 0 Å². The SMILES string of the molecule is CCn1c(CN(C)C(=O)c2ccc(C(F)(F)F)nc2C)nc2ccccc21. The summed E-state index contributed by atoms with van der Waals surface area (Å²) in [5.74, 6) is 0.315. The molecule has 0 aliphatic carbocycles. The van der Waals surface area contributed by atoms with Crippen molar-refractivity contribution in [2.24, 2.45) is 0 Å². The van der Waals surface area contributed by atoms with Crippen LogP contribution >= 0.6 is 0 Å². The van der Waals surface area contributed by atoms with Crippen molar-refractivity contribution < 1.29 is 18.0 Å². The van der Waals surface area contributed by atoms with E-state index < -0.39 is 17.8 Å². The summed E-state index contributed by atoms with van der Waals surface area (Å²) >= 11 is 0. The van der Waals surface area contributed by atoms with Gasteiger partial charge < -0.3 is 9.47 Å². The molecule has 0 fully saturated rings. The van der Waals surface area contributed by atoms with E-state index in [1.807, 2.05) is 35.8 Å². The quantitative estimate of drug-likeness (QED) is 0.690. The van der Waals surface area contributed by atoms with Crippen molar-refractivity contribution in [2.75, 3.05) is 7.05 Å². The molecule has 0 unspecified atom stereocenters. The predicted molar refractivity (Wildman–Crippen MR) is 95.2 cm³/mol. The Labute approximate surface area is 154 Å². The molecule has 8 heteroatoms. The van der Waals surface area contributed by atoms with Gasteiger partial charge in [-0.15, -0.1) is 0 Å². The van der Waals surface area contributed by atoms with Crippen molar-refractivity contribution in [3.8, 4) is 0 Å². The molecule has 2 aromatic heterocycles. The maximum absolute atomic E-state index is 12.8. The molecule has 0 aliphatic rings. The van der Waals surface area contributed by atoms with Crippen molar-refractivity contribution in [1.29, 1.82) is 0 Å². The lowest BCUT2D eigenvalue weighted by atomic mass is 10.1. The number of fused-ring (bicyclic) bond motifs is 1. The third kappa shape index (κ3) is 3.65. The first-order chi connectivity index (χ1) is 12.7. The minimum atomic E-state index is -4.54. The Morgan fingerprint density at radius 3 is 2.48 bits per heavy atom. The highest BCUT2D eigenvalue weighted by atomic mass is 19.4. The zero-order chi connectivity index (χ0) is 19.8. The summed E-state index contributed by atoms with van der Waals surface area (Å²) in [6.45, 7) is 4.32. The monoisotopic (exact) mass is 376 g/mol. The van der Waals surface area contributed by atoms with E-state index in [-0.39, 0.29) is 17.8 Å². The number of halogens is 3. The van der Waals surface area contributed by atoms with Crippen LogP contribution in [0.1, 0.15) is 34.5 Å². The highest BCUT2D eigenvalue weighted by Gasteiger charge is 2.33. The normalized spacial score (nSPS) is 11.8. The smallest absolute Gasteiger partial charge is 0.334 e. The van der Waals surface area contributed by atoms with Crippen molar-refractivity contribution in [1.82, 2.24) is 19.4 Å². The summed E-state index contributed by atoms with van der Waals surface area (Å²) in [7, 11) is 1.60. The lowest BCUT2D eigenvalue weighted by molar-refractivity contribution is -0.141. The summed E-state index contributed by atoms with van der Waals surface area (Å²) in [5, 5.41) is 0. The molecule has 1 aromatic carbocycles. The first-order valence-corrected chi connectivity index (χ1v) is 8.46. The average Bonchev–Trinajstić information content (AvgIpc) is 2.97. The molecule has 0 radical (unpaired) electrons. The minimum absolute atomic E-state index is 0.0469. The van der Waals surface area contributed by atoms with E-state index in [0.717, 1.165) is 17.1 Å². The molecular weight excluding hydrogens is 357 g/mol. The fraction of sp³-hybridized carbons (Fsp3) is 0.316. The van der Waals surface area contributed by atoms with Gasteiger partial charge in [0.15, 0.2) is 0 Å².